The molecule has 0 radical (unpaired) electrons. The van der Waals surface area contributed by atoms with Crippen molar-refractivity contribution in [2.45, 2.75) is 44.9 Å². The van der Waals surface area contributed by atoms with E-state index in [-0.39, 0.29) is 18.8 Å². The van der Waals surface area contributed by atoms with Crippen LogP contribution in [-0.4, -0.2) is 28.6 Å². The Balaban J connectivity index is 2.41. The first-order valence-corrected chi connectivity index (χ1v) is 8.46. The number of hydrogen-bond donors (Lipinski definition) is 2. The van der Waals surface area contributed by atoms with Crippen molar-refractivity contribution in [3.05, 3.63) is 34.3 Å². The van der Waals surface area contributed by atoms with Crippen LogP contribution in [0, 0.1) is 5.92 Å². The van der Waals surface area contributed by atoms with Gasteiger partial charge in [0.2, 0.25) is 0 Å². The number of unbranched alkanes of at least 4 members (excludes halogenated alkanes) is 4. The number of benzene rings is 1. The van der Waals surface area contributed by atoms with Gasteiger partial charge in [0.1, 0.15) is 0 Å². The van der Waals surface area contributed by atoms with Crippen LogP contribution in [0.5, 0.6) is 0 Å². The molecule has 0 spiro atoms. The normalized spacial score (nSPS) is 12.1. The number of aliphatic hydroxyl groups excluding tert-OH is 1. The molecule has 0 bridgehead atoms. The molecule has 0 aliphatic rings. The third-order valence-corrected chi connectivity index (χ3v) is 4.19. The minimum Gasteiger partial charge on any atom is -0.481 e. The first kappa shape index (κ1) is 18.8. The van der Waals surface area contributed by atoms with E-state index >= 15 is 0 Å². The largest absolute Gasteiger partial charge is 0.481 e. The van der Waals surface area contributed by atoms with Crippen LogP contribution in [0.15, 0.2) is 28.7 Å². The summed E-state index contributed by atoms with van der Waals surface area (Å²) in [7, 11) is 0. The highest BCUT2D eigenvalue weighted by atomic mass is 79.9. The van der Waals surface area contributed by atoms with Crippen LogP contribution in [-0.2, 0) is 4.79 Å². The fourth-order valence-corrected chi connectivity index (χ4v) is 2.59. The topological polar surface area (TPSA) is 74.6 Å². The van der Waals surface area contributed by atoms with E-state index in [1.807, 2.05) is 0 Å². The van der Waals surface area contributed by atoms with E-state index in [0.717, 1.165) is 36.6 Å². The number of Topliss-reactive ketones (excluding diaryl/α,β-unsaturated/α-hetero) is 1. The fraction of sp³-hybridized carbons (Fsp3) is 0.529. The summed E-state index contributed by atoms with van der Waals surface area (Å²) < 4.78 is 0.890. The van der Waals surface area contributed by atoms with Gasteiger partial charge in [0, 0.05) is 23.1 Å². The zero-order chi connectivity index (χ0) is 16.4. The van der Waals surface area contributed by atoms with Crippen molar-refractivity contribution < 1.29 is 19.8 Å². The van der Waals surface area contributed by atoms with Gasteiger partial charge in [0.15, 0.2) is 5.78 Å². The number of rotatable bonds is 11. The maximum Gasteiger partial charge on any atom is 0.306 e. The molecule has 1 rings (SSSR count). The summed E-state index contributed by atoms with van der Waals surface area (Å²) in [6.45, 7) is 0.208. The number of carboxylic acids is 1. The molecular weight excluding hydrogens is 348 g/mol. The Hall–Kier alpha value is -1.20. The second-order valence-corrected chi connectivity index (χ2v) is 6.37. The molecule has 0 aromatic heterocycles. The number of carbonyl (C=O) groups is 2. The lowest BCUT2D eigenvalue weighted by molar-refractivity contribution is -0.141. The number of halogens is 1. The van der Waals surface area contributed by atoms with Gasteiger partial charge >= 0.3 is 5.97 Å². The lowest BCUT2D eigenvalue weighted by Crippen LogP contribution is -2.18. The van der Waals surface area contributed by atoms with E-state index in [1.54, 1.807) is 24.3 Å². The van der Waals surface area contributed by atoms with Crippen LogP contribution in [0.1, 0.15) is 55.3 Å². The third kappa shape index (κ3) is 7.18. The van der Waals surface area contributed by atoms with Gasteiger partial charge in [0.25, 0.3) is 0 Å². The molecule has 0 saturated heterocycles. The molecule has 2 N–H and O–H groups in total. The van der Waals surface area contributed by atoms with Gasteiger partial charge in [-0.2, -0.15) is 0 Å². The van der Waals surface area contributed by atoms with E-state index < -0.39 is 11.9 Å². The molecule has 4 nitrogen and oxygen atoms in total. The quantitative estimate of drug-likeness (QED) is 0.455. The Morgan fingerprint density at radius 2 is 1.59 bits per heavy atom. The number of aliphatic carboxylic acids is 1. The monoisotopic (exact) mass is 370 g/mol. The zero-order valence-electron chi connectivity index (χ0n) is 12.6. The van der Waals surface area contributed by atoms with Crippen LogP contribution in [0.2, 0.25) is 0 Å². The highest BCUT2D eigenvalue weighted by molar-refractivity contribution is 9.10. The first-order valence-electron chi connectivity index (χ1n) is 7.67. The summed E-state index contributed by atoms with van der Waals surface area (Å²) >= 11 is 3.31. The Labute approximate surface area is 139 Å². The predicted octanol–water partition coefficient (Wildman–Crippen LogP) is 4.06. The molecule has 1 unspecified atom stereocenters. The molecule has 0 heterocycles. The average molecular weight is 371 g/mol. The molecule has 0 aliphatic carbocycles. The summed E-state index contributed by atoms with van der Waals surface area (Å²) in [5, 5.41) is 18.0. The number of carbonyl (C=O) groups excluding carboxylic acids is 1. The van der Waals surface area contributed by atoms with Gasteiger partial charge in [0.05, 0.1) is 5.92 Å². The molecule has 1 aromatic rings. The smallest absolute Gasteiger partial charge is 0.306 e. The SMILES string of the molecule is O=C(CC(CCCCCCCO)C(=O)O)c1ccc(Br)cc1. The van der Waals surface area contributed by atoms with E-state index in [1.165, 1.54) is 0 Å². The molecule has 1 atom stereocenters. The maximum absolute atomic E-state index is 12.1. The van der Waals surface area contributed by atoms with Crippen molar-refractivity contribution in [2.75, 3.05) is 6.61 Å². The maximum atomic E-state index is 12.1. The first-order chi connectivity index (χ1) is 10.5. The van der Waals surface area contributed by atoms with Crippen LogP contribution in [0.3, 0.4) is 0 Å². The van der Waals surface area contributed by atoms with Gasteiger partial charge in [-0.25, -0.2) is 0 Å². The Kier molecular flexibility index (Phi) is 9.01. The standard InChI is InChI=1S/C17H23BrO4/c18-15-9-7-13(8-10-15)16(20)12-14(17(21)22)6-4-2-1-3-5-11-19/h7-10,14,19H,1-6,11-12H2,(H,21,22). The van der Waals surface area contributed by atoms with Gasteiger partial charge in [-0.15, -0.1) is 0 Å². The molecule has 1 aromatic carbocycles. The second-order valence-electron chi connectivity index (χ2n) is 5.45. The van der Waals surface area contributed by atoms with Gasteiger partial charge in [-0.1, -0.05) is 53.7 Å². The lowest BCUT2D eigenvalue weighted by atomic mass is 9.93. The van der Waals surface area contributed by atoms with Crippen molar-refractivity contribution in [1.29, 1.82) is 0 Å². The van der Waals surface area contributed by atoms with Crippen molar-refractivity contribution in [3.8, 4) is 0 Å². The highest BCUT2D eigenvalue weighted by Gasteiger charge is 2.21. The molecule has 0 amide bonds. The van der Waals surface area contributed by atoms with Crippen molar-refractivity contribution in [1.82, 2.24) is 0 Å². The predicted molar refractivity (Wildman–Crippen MR) is 89.0 cm³/mol. The summed E-state index contributed by atoms with van der Waals surface area (Å²) in [6.07, 6.45) is 5.07. The number of ketones is 1. The molecular formula is C17H23BrO4. The molecule has 22 heavy (non-hydrogen) atoms. The highest BCUT2D eigenvalue weighted by Crippen LogP contribution is 2.19. The van der Waals surface area contributed by atoms with Gasteiger partial charge in [-0.05, 0) is 25.0 Å². The summed E-state index contributed by atoms with van der Waals surface area (Å²) in [5.41, 5.74) is 0.553. The zero-order valence-corrected chi connectivity index (χ0v) is 14.2. The van der Waals surface area contributed by atoms with Crippen LogP contribution >= 0.6 is 15.9 Å². The Morgan fingerprint density at radius 1 is 1.00 bits per heavy atom. The number of hydrogen-bond acceptors (Lipinski definition) is 3. The fourth-order valence-electron chi connectivity index (χ4n) is 2.32. The molecule has 0 fully saturated rings. The van der Waals surface area contributed by atoms with Crippen LogP contribution in [0.4, 0.5) is 0 Å². The van der Waals surface area contributed by atoms with E-state index in [0.29, 0.717) is 12.0 Å². The van der Waals surface area contributed by atoms with Gasteiger partial charge in [-0.3, -0.25) is 9.59 Å². The second kappa shape index (κ2) is 10.5. The lowest BCUT2D eigenvalue weighted by Gasteiger charge is -2.11. The van der Waals surface area contributed by atoms with E-state index in [2.05, 4.69) is 15.9 Å². The van der Waals surface area contributed by atoms with Crippen molar-refractivity contribution in [2.24, 2.45) is 5.92 Å². The molecule has 0 saturated carbocycles. The van der Waals surface area contributed by atoms with Crippen molar-refractivity contribution in [3.63, 3.8) is 0 Å². The van der Waals surface area contributed by atoms with Gasteiger partial charge < -0.3 is 10.2 Å². The molecule has 5 heteroatoms. The van der Waals surface area contributed by atoms with Crippen LogP contribution < -0.4 is 0 Å². The molecule has 0 aliphatic heterocycles. The minimum atomic E-state index is -0.902. The summed E-state index contributed by atoms with van der Waals surface area (Å²) in [5.74, 6) is -1.64. The van der Waals surface area contributed by atoms with Crippen molar-refractivity contribution >= 4 is 27.7 Å². The average Bonchev–Trinajstić information content (AvgIpc) is 2.49. The Morgan fingerprint density at radius 3 is 2.18 bits per heavy atom. The minimum absolute atomic E-state index is 0.0492. The molecule has 122 valence electrons. The third-order valence-electron chi connectivity index (χ3n) is 3.66. The van der Waals surface area contributed by atoms with E-state index in [9.17, 15) is 14.7 Å². The van der Waals surface area contributed by atoms with E-state index in [4.69, 9.17) is 5.11 Å². The number of aliphatic hydroxyl groups is 1. The summed E-state index contributed by atoms with van der Waals surface area (Å²) in [4.78, 5) is 23.4. The summed E-state index contributed by atoms with van der Waals surface area (Å²) in [6, 6.07) is 6.98. The number of carboxylic acid groups (broad SMARTS) is 1. The Bertz CT molecular complexity index is 470. The van der Waals surface area contributed by atoms with Crippen LogP contribution in [0.25, 0.3) is 0 Å².